The molecular formula is C16H17FO2. The largest absolute Gasteiger partial charge is 0.496 e. The van der Waals surface area contributed by atoms with Crippen LogP contribution in [0.1, 0.15) is 17.0 Å². The van der Waals surface area contributed by atoms with Gasteiger partial charge in [-0.1, -0.05) is 30.3 Å². The van der Waals surface area contributed by atoms with Crippen LogP contribution in [0.5, 0.6) is 5.75 Å². The second kappa shape index (κ2) is 6.34. The molecule has 0 heterocycles. The lowest BCUT2D eigenvalue weighted by molar-refractivity contribution is 0.263. The van der Waals surface area contributed by atoms with Gasteiger partial charge in [0, 0.05) is 5.92 Å². The first kappa shape index (κ1) is 13.6. The molecule has 100 valence electrons. The molecule has 0 saturated carbocycles. The van der Waals surface area contributed by atoms with Gasteiger partial charge in [-0.05, 0) is 35.7 Å². The van der Waals surface area contributed by atoms with Crippen LogP contribution in [0.3, 0.4) is 0 Å². The molecule has 2 rings (SSSR count). The van der Waals surface area contributed by atoms with Gasteiger partial charge < -0.3 is 9.84 Å². The maximum atomic E-state index is 12.9. The smallest absolute Gasteiger partial charge is 0.123 e. The zero-order valence-corrected chi connectivity index (χ0v) is 10.8. The van der Waals surface area contributed by atoms with Crippen molar-refractivity contribution in [1.82, 2.24) is 0 Å². The zero-order chi connectivity index (χ0) is 13.7. The van der Waals surface area contributed by atoms with Crippen LogP contribution in [0.15, 0.2) is 48.5 Å². The van der Waals surface area contributed by atoms with Crippen molar-refractivity contribution in [3.8, 4) is 5.75 Å². The van der Waals surface area contributed by atoms with Crippen LogP contribution in [0.2, 0.25) is 0 Å². The molecule has 1 unspecified atom stereocenters. The SMILES string of the molecule is COc1ccccc1CC(CO)c1ccc(F)cc1. The van der Waals surface area contributed by atoms with Gasteiger partial charge in [-0.15, -0.1) is 0 Å². The van der Waals surface area contributed by atoms with Gasteiger partial charge in [-0.25, -0.2) is 4.39 Å². The molecule has 0 saturated heterocycles. The Morgan fingerprint density at radius 2 is 1.79 bits per heavy atom. The lowest BCUT2D eigenvalue weighted by Crippen LogP contribution is -2.08. The quantitative estimate of drug-likeness (QED) is 0.894. The number of aliphatic hydroxyl groups is 1. The van der Waals surface area contributed by atoms with Crippen LogP contribution in [0.4, 0.5) is 4.39 Å². The summed E-state index contributed by atoms with van der Waals surface area (Å²) in [7, 11) is 1.63. The van der Waals surface area contributed by atoms with Crippen molar-refractivity contribution < 1.29 is 14.2 Å². The molecule has 0 radical (unpaired) electrons. The first-order valence-corrected chi connectivity index (χ1v) is 6.23. The van der Waals surface area contributed by atoms with E-state index >= 15 is 0 Å². The van der Waals surface area contributed by atoms with Crippen molar-refractivity contribution in [1.29, 1.82) is 0 Å². The number of benzene rings is 2. The zero-order valence-electron chi connectivity index (χ0n) is 10.8. The van der Waals surface area contributed by atoms with E-state index in [0.29, 0.717) is 6.42 Å². The van der Waals surface area contributed by atoms with Crippen molar-refractivity contribution in [3.63, 3.8) is 0 Å². The summed E-state index contributed by atoms with van der Waals surface area (Å²) in [5.74, 6) is 0.484. The van der Waals surface area contributed by atoms with E-state index in [2.05, 4.69) is 0 Å². The van der Waals surface area contributed by atoms with Gasteiger partial charge in [-0.2, -0.15) is 0 Å². The Labute approximate surface area is 112 Å². The van der Waals surface area contributed by atoms with Crippen LogP contribution in [-0.4, -0.2) is 18.8 Å². The monoisotopic (exact) mass is 260 g/mol. The molecule has 0 bridgehead atoms. The van der Waals surface area contributed by atoms with Gasteiger partial charge in [0.25, 0.3) is 0 Å². The Morgan fingerprint density at radius 1 is 1.11 bits per heavy atom. The minimum absolute atomic E-state index is 0.0175. The number of methoxy groups -OCH3 is 1. The summed E-state index contributed by atoms with van der Waals surface area (Å²) < 4.78 is 18.2. The lowest BCUT2D eigenvalue weighted by Gasteiger charge is -2.16. The molecule has 0 fully saturated rings. The Hall–Kier alpha value is -1.87. The third kappa shape index (κ3) is 3.32. The van der Waals surface area contributed by atoms with E-state index in [-0.39, 0.29) is 18.3 Å². The maximum absolute atomic E-state index is 12.9. The van der Waals surface area contributed by atoms with E-state index in [1.807, 2.05) is 24.3 Å². The van der Waals surface area contributed by atoms with E-state index < -0.39 is 0 Å². The fraction of sp³-hybridized carbons (Fsp3) is 0.250. The third-order valence-corrected chi connectivity index (χ3v) is 3.22. The summed E-state index contributed by atoms with van der Waals surface area (Å²) >= 11 is 0. The molecular weight excluding hydrogens is 243 g/mol. The summed E-state index contributed by atoms with van der Waals surface area (Å²) in [4.78, 5) is 0. The summed E-state index contributed by atoms with van der Waals surface area (Å²) in [5.41, 5.74) is 1.96. The Morgan fingerprint density at radius 3 is 2.42 bits per heavy atom. The van der Waals surface area contributed by atoms with Crippen LogP contribution in [0.25, 0.3) is 0 Å². The number of aliphatic hydroxyl groups excluding tert-OH is 1. The summed E-state index contributed by atoms with van der Waals surface area (Å²) in [5, 5.41) is 9.54. The highest BCUT2D eigenvalue weighted by molar-refractivity contribution is 5.35. The molecule has 2 aromatic carbocycles. The van der Waals surface area contributed by atoms with Gasteiger partial charge in [0.2, 0.25) is 0 Å². The summed E-state index contributed by atoms with van der Waals surface area (Å²) in [6.45, 7) is 0.0175. The van der Waals surface area contributed by atoms with Crippen molar-refractivity contribution in [2.75, 3.05) is 13.7 Å². The van der Waals surface area contributed by atoms with Gasteiger partial charge in [0.15, 0.2) is 0 Å². The van der Waals surface area contributed by atoms with E-state index in [1.165, 1.54) is 12.1 Å². The maximum Gasteiger partial charge on any atom is 0.123 e. The minimum atomic E-state index is -0.266. The molecule has 19 heavy (non-hydrogen) atoms. The fourth-order valence-corrected chi connectivity index (χ4v) is 2.16. The molecule has 1 N–H and O–H groups in total. The molecule has 2 aromatic rings. The van der Waals surface area contributed by atoms with Crippen LogP contribution < -0.4 is 4.74 Å². The number of halogens is 1. The van der Waals surface area contributed by atoms with Crippen LogP contribution in [0, 0.1) is 5.82 Å². The first-order valence-electron chi connectivity index (χ1n) is 6.23. The van der Waals surface area contributed by atoms with Crippen molar-refractivity contribution in [3.05, 3.63) is 65.5 Å². The van der Waals surface area contributed by atoms with Crippen LogP contribution >= 0.6 is 0 Å². The molecule has 0 aliphatic heterocycles. The summed E-state index contributed by atoms with van der Waals surface area (Å²) in [6.07, 6.45) is 0.659. The standard InChI is InChI=1S/C16H17FO2/c1-19-16-5-3-2-4-13(16)10-14(11-18)12-6-8-15(17)9-7-12/h2-9,14,18H,10-11H2,1H3. The van der Waals surface area contributed by atoms with E-state index in [4.69, 9.17) is 4.74 Å². The topological polar surface area (TPSA) is 29.5 Å². The number of hydrogen-bond acceptors (Lipinski definition) is 2. The Balaban J connectivity index is 2.21. The Kier molecular flexibility index (Phi) is 4.53. The second-order valence-electron chi connectivity index (χ2n) is 4.45. The van der Waals surface area contributed by atoms with Crippen molar-refractivity contribution in [2.45, 2.75) is 12.3 Å². The normalized spacial score (nSPS) is 12.2. The van der Waals surface area contributed by atoms with E-state index in [1.54, 1.807) is 19.2 Å². The van der Waals surface area contributed by atoms with Gasteiger partial charge in [0.05, 0.1) is 13.7 Å². The number of ether oxygens (including phenoxy) is 1. The molecule has 1 atom stereocenters. The van der Waals surface area contributed by atoms with Gasteiger partial charge >= 0.3 is 0 Å². The Bertz CT molecular complexity index is 523. The highest BCUT2D eigenvalue weighted by atomic mass is 19.1. The molecule has 0 aromatic heterocycles. The van der Waals surface area contributed by atoms with E-state index in [9.17, 15) is 9.50 Å². The molecule has 2 nitrogen and oxygen atoms in total. The number of hydrogen-bond donors (Lipinski definition) is 1. The predicted molar refractivity (Wildman–Crippen MR) is 72.9 cm³/mol. The number of para-hydroxylation sites is 1. The highest BCUT2D eigenvalue weighted by Crippen LogP contribution is 2.26. The van der Waals surface area contributed by atoms with Gasteiger partial charge in [0.1, 0.15) is 11.6 Å². The first-order chi connectivity index (χ1) is 9.24. The predicted octanol–water partition coefficient (Wildman–Crippen LogP) is 3.15. The van der Waals surface area contributed by atoms with Crippen molar-refractivity contribution in [2.24, 2.45) is 0 Å². The number of rotatable bonds is 5. The fourth-order valence-electron chi connectivity index (χ4n) is 2.16. The molecule has 0 aliphatic carbocycles. The third-order valence-electron chi connectivity index (χ3n) is 3.22. The molecule has 3 heteroatoms. The molecule has 0 spiro atoms. The van der Waals surface area contributed by atoms with Crippen molar-refractivity contribution >= 4 is 0 Å². The van der Waals surface area contributed by atoms with Gasteiger partial charge in [-0.3, -0.25) is 0 Å². The summed E-state index contributed by atoms with van der Waals surface area (Å²) in [6, 6.07) is 14.0. The lowest BCUT2D eigenvalue weighted by atomic mass is 9.92. The average molecular weight is 260 g/mol. The second-order valence-corrected chi connectivity index (χ2v) is 4.45. The minimum Gasteiger partial charge on any atom is -0.496 e. The average Bonchev–Trinajstić information content (AvgIpc) is 2.46. The molecule has 0 aliphatic rings. The van der Waals surface area contributed by atoms with E-state index in [0.717, 1.165) is 16.9 Å². The van der Waals surface area contributed by atoms with Crippen LogP contribution in [-0.2, 0) is 6.42 Å². The molecule has 0 amide bonds. The highest BCUT2D eigenvalue weighted by Gasteiger charge is 2.14.